The van der Waals surface area contributed by atoms with Crippen molar-refractivity contribution < 1.29 is 9.18 Å². The fourth-order valence-electron chi connectivity index (χ4n) is 1.06. The van der Waals surface area contributed by atoms with Gasteiger partial charge in [-0.25, -0.2) is 4.39 Å². The number of nitrogens with zero attached hydrogens (tertiary/aromatic N) is 1. The van der Waals surface area contributed by atoms with Gasteiger partial charge in [0.25, 0.3) is 0 Å². The van der Waals surface area contributed by atoms with Gasteiger partial charge >= 0.3 is 0 Å². The number of halogens is 1. The summed E-state index contributed by atoms with van der Waals surface area (Å²) in [5, 5.41) is 2.53. The molecule has 0 fully saturated rings. The Balaban J connectivity index is 2.79. The fraction of sp³-hybridized carbons (Fsp3) is 0.200. The summed E-state index contributed by atoms with van der Waals surface area (Å²) in [7, 11) is 0. The standard InChI is InChI=1S/C10H11FN2O/c1-3-9(14)13-7(2)10-8(11)5-4-6-12-10/h3-7H,1H2,2H3,(H,13,14)/t7-/m0/s1. The summed E-state index contributed by atoms with van der Waals surface area (Å²) in [6, 6.07) is 2.35. The van der Waals surface area contributed by atoms with Crippen LogP contribution in [-0.4, -0.2) is 10.9 Å². The van der Waals surface area contributed by atoms with Crippen LogP contribution in [0, 0.1) is 5.82 Å². The molecular weight excluding hydrogens is 183 g/mol. The highest BCUT2D eigenvalue weighted by Crippen LogP contribution is 2.12. The lowest BCUT2D eigenvalue weighted by atomic mass is 10.2. The van der Waals surface area contributed by atoms with E-state index in [9.17, 15) is 9.18 Å². The molecule has 1 aromatic heterocycles. The highest BCUT2D eigenvalue weighted by Gasteiger charge is 2.12. The third kappa shape index (κ3) is 2.39. The zero-order chi connectivity index (χ0) is 10.6. The van der Waals surface area contributed by atoms with Crippen molar-refractivity contribution in [3.05, 3.63) is 42.5 Å². The number of pyridine rings is 1. The van der Waals surface area contributed by atoms with Crippen molar-refractivity contribution in [1.29, 1.82) is 0 Å². The molecule has 1 aromatic rings. The molecular formula is C10H11FN2O. The topological polar surface area (TPSA) is 42.0 Å². The van der Waals surface area contributed by atoms with Crippen LogP contribution in [-0.2, 0) is 4.79 Å². The van der Waals surface area contributed by atoms with Crippen molar-refractivity contribution in [1.82, 2.24) is 10.3 Å². The minimum absolute atomic E-state index is 0.225. The lowest BCUT2D eigenvalue weighted by Gasteiger charge is -2.11. The number of amides is 1. The normalized spacial score (nSPS) is 11.9. The van der Waals surface area contributed by atoms with E-state index in [1.54, 1.807) is 6.92 Å². The van der Waals surface area contributed by atoms with Gasteiger partial charge in [-0.1, -0.05) is 6.58 Å². The third-order valence-corrected chi connectivity index (χ3v) is 1.74. The molecule has 0 aliphatic heterocycles. The van der Waals surface area contributed by atoms with E-state index in [-0.39, 0.29) is 11.6 Å². The molecule has 0 saturated carbocycles. The lowest BCUT2D eigenvalue weighted by molar-refractivity contribution is -0.117. The molecule has 4 heteroatoms. The van der Waals surface area contributed by atoms with Crippen molar-refractivity contribution in [2.75, 3.05) is 0 Å². The molecule has 1 heterocycles. The molecule has 74 valence electrons. The average molecular weight is 194 g/mol. The molecule has 0 saturated heterocycles. The largest absolute Gasteiger partial charge is 0.344 e. The minimum Gasteiger partial charge on any atom is -0.344 e. The summed E-state index contributed by atoms with van der Waals surface area (Å²) in [5.74, 6) is -0.771. The van der Waals surface area contributed by atoms with Gasteiger partial charge in [0.15, 0.2) is 0 Å². The molecule has 1 amide bonds. The predicted molar refractivity (Wildman–Crippen MR) is 50.9 cm³/mol. The molecule has 1 N–H and O–H groups in total. The van der Waals surface area contributed by atoms with Gasteiger partial charge in [0.05, 0.1) is 11.7 Å². The number of nitrogens with one attached hydrogen (secondary N) is 1. The molecule has 3 nitrogen and oxygen atoms in total. The first-order chi connectivity index (χ1) is 6.65. The summed E-state index contributed by atoms with van der Waals surface area (Å²) in [5.41, 5.74) is 0.225. The quantitative estimate of drug-likeness (QED) is 0.742. The molecule has 0 radical (unpaired) electrons. The third-order valence-electron chi connectivity index (χ3n) is 1.74. The monoisotopic (exact) mass is 194 g/mol. The van der Waals surface area contributed by atoms with Crippen molar-refractivity contribution in [2.24, 2.45) is 0 Å². The van der Waals surface area contributed by atoms with Gasteiger partial charge in [-0.2, -0.15) is 0 Å². The molecule has 0 aromatic carbocycles. The average Bonchev–Trinajstić information content (AvgIpc) is 2.18. The second-order valence-electron chi connectivity index (χ2n) is 2.80. The summed E-state index contributed by atoms with van der Waals surface area (Å²) in [6.45, 7) is 4.96. The van der Waals surface area contributed by atoms with Crippen molar-refractivity contribution in [3.63, 3.8) is 0 Å². The van der Waals surface area contributed by atoms with E-state index in [4.69, 9.17) is 0 Å². The van der Waals surface area contributed by atoms with E-state index in [0.29, 0.717) is 0 Å². The van der Waals surface area contributed by atoms with Crippen LogP contribution in [0.15, 0.2) is 31.0 Å². The highest BCUT2D eigenvalue weighted by molar-refractivity contribution is 5.87. The fourth-order valence-corrected chi connectivity index (χ4v) is 1.06. The smallest absolute Gasteiger partial charge is 0.243 e. The molecule has 1 atom stereocenters. The van der Waals surface area contributed by atoms with Gasteiger partial charge in [0.1, 0.15) is 5.82 Å². The summed E-state index contributed by atoms with van der Waals surface area (Å²) >= 11 is 0. The van der Waals surface area contributed by atoms with Crippen LogP contribution < -0.4 is 5.32 Å². The number of hydrogen-bond acceptors (Lipinski definition) is 2. The van der Waals surface area contributed by atoms with Gasteiger partial charge in [-0.05, 0) is 25.1 Å². The van der Waals surface area contributed by atoms with Crippen molar-refractivity contribution in [3.8, 4) is 0 Å². The second kappa shape index (κ2) is 4.50. The maximum absolute atomic E-state index is 13.2. The SMILES string of the molecule is C=CC(=O)N[C@@H](C)c1ncccc1F. The summed E-state index contributed by atoms with van der Waals surface area (Å²) in [4.78, 5) is 14.8. The molecule has 0 aliphatic carbocycles. The maximum atomic E-state index is 13.2. The zero-order valence-corrected chi connectivity index (χ0v) is 7.83. The van der Waals surface area contributed by atoms with E-state index >= 15 is 0 Å². The number of hydrogen-bond donors (Lipinski definition) is 1. The van der Waals surface area contributed by atoms with Crippen LogP contribution in [0.1, 0.15) is 18.7 Å². The Bertz CT molecular complexity index is 352. The maximum Gasteiger partial charge on any atom is 0.243 e. The van der Waals surface area contributed by atoms with E-state index < -0.39 is 11.9 Å². The highest BCUT2D eigenvalue weighted by atomic mass is 19.1. The number of carbonyl (C=O) groups is 1. The summed E-state index contributed by atoms with van der Waals surface area (Å²) < 4.78 is 13.2. The first-order valence-corrected chi connectivity index (χ1v) is 4.18. The summed E-state index contributed by atoms with van der Waals surface area (Å²) in [6.07, 6.45) is 2.62. The van der Waals surface area contributed by atoms with Crippen LogP contribution in [0.4, 0.5) is 4.39 Å². The molecule has 0 bridgehead atoms. The Morgan fingerprint density at radius 2 is 2.50 bits per heavy atom. The van der Waals surface area contributed by atoms with Gasteiger partial charge in [0, 0.05) is 6.20 Å². The van der Waals surface area contributed by atoms with E-state index in [0.717, 1.165) is 6.08 Å². The number of aromatic nitrogens is 1. The first-order valence-electron chi connectivity index (χ1n) is 4.18. The Kier molecular flexibility index (Phi) is 3.34. The van der Waals surface area contributed by atoms with E-state index in [1.165, 1.54) is 18.3 Å². The van der Waals surface area contributed by atoms with Crippen LogP contribution >= 0.6 is 0 Å². The number of carbonyl (C=O) groups excluding carboxylic acids is 1. The Morgan fingerprint density at radius 3 is 3.07 bits per heavy atom. The molecule has 1 rings (SSSR count). The Labute approximate surface area is 81.7 Å². The van der Waals surface area contributed by atoms with Crippen LogP contribution in [0.3, 0.4) is 0 Å². The van der Waals surface area contributed by atoms with Gasteiger partial charge in [-0.15, -0.1) is 0 Å². The van der Waals surface area contributed by atoms with Crippen LogP contribution in [0.25, 0.3) is 0 Å². The number of rotatable bonds is 3. The second-order valence-corrected chi connectivity index (χ2v) is 2.80. The first kappa shape index (κ1) is 10.4. The molecule has 0 aliphatic rings. The molecule has 0 unspecified atom stereocenters. The van der Waals surface area contributed by atoms with Crippen LogP contribution in [0.2, 0.25) is 0 Å². The van der Waals surface area contributed by atoms with Gasteiger partial charge in [-0.3, -0.25) is 9.78 Å². The van der Waals surface area contributed by atoms with Gasteiger partial charge < -0.3 is 5.32 Å². The van der Waals surface area contributed by atoms with Crippen molar-refractivity contribution in [2.45, 2.75) is 13.0 Å². The minimum atomic E-state index is -0.457. The lowest BCUT2D eigenvalue weighted by Crippen LogP contribution is -2.25. The molecule has 0 spiro atoms. The van der Waals surface area contributed by atoms with Crippen LogP contribution in [0.5, 0.6) is 0 Å². The van der Waals surface area contributed by atoms with E-state index in [1.807, 2.05) is 0 Å². The van der Waals surface area contributed by atoms with Crippen molar-refractivity contribution >= 4 is 5.91 Å². The molecule has 14 heavy (non-hydrogen) atoms. The predicted octanol–water partition coefficient (Wildman–Crippen LogP) is 1.58. The Morgan fingerprint density at radius 1 is 1.79 bits per heavy atom. The van der Waals surface area contributed by atoms with Gasteiger partial charge in [0.2, 0.25) is 5.91 Å². The zero-order valence-electron chi connectivity index (χ0n) is 7.83. The van der Waals surface area contributed by atoms with E-state index in [2.05, 4.69) is 16.9 Å². The Hall–Kier alpha value is -1.71.